The molecule has 7 nitrogen and oxygen atoms in total. The van der Waals surface area contributed by atoms with Gasteiger partial charge >= 0.3 is 0 Å². The first kappa shape index (κ1) is 23.7. The van der Waals surface area contributed by atoms with Crippen LogP contribution in [0.2, 0.25) is 0 Å². The van der Waals surface area contributed by atoms with Crippen LogP contribution in [-0.2, 0) is 11.2 Å². The number of nitrogens with zero attached hydrogens (tertiary/aromatic N) is 3. The van der Waals surface area contributed by atoms with E-state index in [1.807, 2.05) is 24.3 Å². The number of hydrogen-bond donors (Lipinski definition) is 1. The number of ether oxygens (including phenoxy) is 2. The van der Waals surface area contributed by atoms with Gasteiger partial charge < -0.3 is 19.7 Å². The minimum atomic E-state index is -0.181. The molecule has 0 spiro atoms. The van der Waals surface area contributed by atoms with Crippen molar-refractivity contribution in [3.63, 3.8) is 0 Å². The molecule has 178 valence electrons. The Morgan fingerprint density at radius 2 is 1.79 bits per heavy atom. The summed E-state index contributed by atoms with van der Waals surface area (Å²) in [4.78, 5) is 24.5. The number of aromatic nitrogens is 2. The number of hydrogen-bond acceptors (Lipinski definition) is 6. The zero-order chi connectivity index (χ0) is 23.8. The van der Waals surface area contributed by atoms with Crippen LogP contribution in [0.1, 0.15) is 28.8 Å². The molecule has 1 amide bonds. The van der Waals surface area contributed by atoms with E-state index in [9.17, 15) is 4.79 Å². The molecule has 1 N–H and O–H groups in total. The zero-order valence-electron chi connectivity index (χ0n) is 19.9. The Hall–Kier alpha value is -3.45. The zero-order valence-corrected chi connectivity index (χ0v) is 19.9. The van der Waals surface area contributed by atoms with Crippen molar-refractivity contribution in [2.45, 2.75) is 19.3 Å². The molecule has 4 rings (SSSR count). The third-order valence-corrected chi connectivity index (χ3v) is 6.23. The largest absolute Gasteiger partial charge is 0.497 e. The van der Waals surface area contributed by atoms with Gasteiger partial charge in [-0.1, -0.05) is 30.3 Å². The first-order chi connectivity index (χ1) is 16.7. The number of anilines is 1. The van der Waals surface area contributed by atoms with Crippen LogP contribution in [0.4, 0.5) is 5.82 Å². The van der Waals surface area contributed by atoms with Crippen LogP contribution in [-0.4, -0.2) is 56.3 Å². The summed E-state index contributed by atoms with van der Waals surface area (Å²) in [6, 6.07) is 18.3. The van der Waals surface area contributed by atoms with Crippen molar-refractivity contribution in [3.8, 4) is 17.1 Å². The molecule has 7 heteroatoms. The van der Waals surface area contributed by atoms with Crippen molar-refractivity contribution in [1.29, 1.82) is 0 Å². The lowest BCUT2D eigenvalue weighted by molar-refractivity contribution is 0.0937. The summed E-state index contributed by atoms with van der Waals surface area (Å²) in [7, 11) is 3.26. The van der Waals surface area contributed by atoms with Gasteiger partial charge in [0.2, 0.25) is 0 Å². The van der Waals surface area contributed by atoms with E-state index >= 15 is 0 Å². The molecule has 0 unspecified atom stereocenters. The third kappa shape index (κ3) is 5.91. The molecule has 3 aromatic rings. The third-order valence-electron chi connectivity index (χ3n) is 6.23. The summed E-state index contributed by atoms with van der Waals surface area (Å²) in [5, 5.41) is 2.91. The van der Waals surface area contributed by atoms with Gasteiger partial charge in [-0.2, -0.15) is 0 Å². The molecule has 0 aliphatic carbocycles. The standard InChI is InChI=1S/C27H32N4O3/c1-33-17-14-28-27(32)24-19-29-25(22-8-10-23(34-2)11-9-22)30-26(24)31-15-12-21(13-16-31)18-20-6-4-3-5-7-20/h3-11,19,21H,12-18H2,1-2H3,(H,28,32). The average molecular weight is 461 g/mol. The van der Waals surface area contributed by atoms with E-state index < -0.39 is 0 Å². The molecule has 1 aliphatic heterocycles. The lowest BCUT2D eigenvalue weighted by Gasteiger charge is -2.34. The summed E-state index contributed by atoms with van der Waals surface area (Å²) < 4.78 is 10.3. The quantitative estimate of drug-likeness (QED) is 0.487. The van der Waals surface area contributed by atoms with Gasteiger partial charge in [-0.15, -0.1) is 0 Å². The number of carbonyl (C=O) groups excluding carboxylic acids is 1. The van der Waals surface area contributed by atoms with Crippen LogP contribution in [0.5, 0.6) is 5.75 Å². The molecular weight excluding hydrogens is 428 g/mol. The Labute approximate surface area is 201 Å². The van der Waals surface area contributed by atoms with Gasteiger partial charge in [-0.3, -0.25) is 4.79 Å². The predicted molar refractivity (Wildman–Crippen MR) is 133 cm³/mol. The summed E-state index contributed by atoms with van der Waals surface area (Å²) in [6.45, 7) is 2.61. The Bertz CT molecular complexity index is 1060. The van der Waals surface area contributed by atoms with Gasteiger partial charge in [0.25, 0.3) is 5.91 Å². The van der Waals surface area contributed by atoms with Crippen molar-refractivity contribution >= 4 is 11.7 Å². The topological polar surface area (TPSA) is 76.6 Å². The predicted octanol–water partition coefficient (Wildman–Crippen LogP) is 3.99. The maximum absolute atomic E-state index is 12.9. The molecule has 0 bridgehead atoms. The molecule has 0 atom stereocenters. The molecule has 1 aliphatic rings. The van der Waals surface area contributed by atoms with Gasteiger partial charge in [-0.25, -0.2) is 9.97 Å². The van der Waals surface area contributed by atoms with E-state index in [2.05, 4.69) is 45.5 Å². The summed E-state index contributed by atoms with van der Waals surface area (Å²) >= 11 is 0. The van der Waals surface area contributed by atoms with Gasteiger partial charge in [0, 0.05) is 38.5 Å². The molecule has 1 fully saturated rings. The number of amides is 1. The minimum Gasteiger partial charge on any atom is -0.497 e. The number of methoxy groups -OCH3 is 2. The molecule has 0 radical (unpaired) electrons. The highest BCUT2D eigenvalue weighted by molar-refractivity contribution is 5.99. The molecule has 1 saturated heterocycles. The normalized spacial score (nSPS) is 14.1. The van der Waals surface area contributed by atoms with E-state index in [-0.39, 0.29) is 5.91 Å². The van der Waals surface area contributed by atoms with Gasteiger partial charge in [-0.05, 0) is 55.0 Å². The molecule has 2 aromatic carbocycles. The van der Waals surface area contributed by atoms with Crippen molar-refractivity contribution in [1.82, 2.24) is 15.3 Å². The monoisotopic (exact) mass is 460 g/mol. The fraction of sp³-hybridized carbons (Fsp3) is 0.370. The Morgan fingerprint density at radius 1 is 1.06 bits per heavy atom. The number of piperidine rings is 1. The second kappa shape index (κ2) is 11.6. The summed E-state index contributed by atoms with van der Waals surface area (Å²) in [6.07, 6.45) is 4.84. The van der Waals surface area contributed by atoms with Crippen LogP contribution in [0.3, 0.4) is 0 Å². The molecule has 2 heterocycles. The Balaban J connectivity index is 1.54. The van der Waals surface area contributed by atoms with Crippen molar-refractivity contribution in [2.24, 2.45) is 5.92 Å². The number of nitrogens with one attached hydrogen (secondary N) is 1. The molecule has 34 heavy (non-hydrogen) atoms. The summed E-state index contributed by atoms with van der Waals surface area (Å²) in [5.41, 5.74) is 2.75. The van der Waals surface area contributed by atoms with E-state index in [1.54, 1.807) is 20.4 Å². The first-order valence-electron chi connectivity index (χ1n) is 11.8. The SMILES string of the molecule is COCCNC(=O)c1cnc(-c2ccc(OC)cc2)nc1N1CCC(Cc2ccccc2)CC1. The highest BCUT2D eigenvalue weighted by atomic mass is 16.5. The maximum atomic E-state index is 12.9. The average Bonchev–Trinajstić information content (AvgIpc) is 2.89. The van der Waals surface area contributed by atoms with Gasteiger partial charge in [0.15, 0.2) is 5.82 Å². The maximum Gasteiger partial charge on any atom is 0.256 e. The molecular formula is C27H32N4O3. The van der Waals surface area contributed by atoms with Gasteiger partial charge in [0.1, 0.15) is 17.1 Å². The first-order valence-corrected chi connectivity index (χ1v) is 11.8. The van der Waals surface area contributed by atoms with Gasteiger partial charge in [0.05, 0.1) is 13.7 Å². The van der Waals surface area contributed by atoms with Crippen LogP contribution < -0.4 is 15.0 Å². The second-order valence-electron chi connectivity index (χ2n) is 8.53. The van der Waals surface area contributed by atoms with Crippen molar-refractivity contribution < 1.29 is 14.3 Å². The smallest absolute Gasteiger partial charge is 0.256 e. The van der Waals surface area contributed by atoms with Crippen LogP contribution in [0, 0.1) is 5.92 Å². The number of carbonyl (C=O) groups is 1. The fourth-order valence-electron chi connectivity index (χ4n) is 4.31. The number of benzene rings is 2. The van der Waals surface area contributed by atoms with Crippen LogP contribution in [0.25, 0.3) is 11.4 Å². The minimum absolute atomic E-state index is 0.181. The Kier molecular flexibility index (Phi) is 8.09. The van der Waals surface area contributed by atoms with E-state index in [4.69, 9.17) is 14.5 Å². The fourth-order valence-corrected chi connectivity index (χ4v) is 4.31. The highest BCUT2D eigenvalue weighted by Crippen LogP contribution is 2.29. The molecule has 1 aromatic heterocycles. The van der Waals surface area contributed by atoms with E-state index in [0.29, 0.717) is 36.3 Å². The highest BCUT2D eigenvalue weighted by Gasteiger charge is 2.25. The van der Waals surface area contributed by atoms with Crippen molar-refractivity contribution in [2.75, 3.05) is 45.4 Å². The van der Waals surface area contributed by atoms with E-state index in [1.165, 1.54) is 5.56 Å². The number of rotatable bonds is 9. The lowest BCUT2D eigenvalue weighted by Crippen LogP contribution is -2.37. The van der Waals surface area contributed by atoms with Crippen molar-refractivity contribution in [3.05, 3.63) is 71.9 Å². The Morgan fingerprint density at radius 3 is 2.47 bits per heavy atom. The van der Waals surface area contributed by atoms with Crippen LogP contribution in [0.15, 0.2) is 60.8 Å². The lowest BCUT2D eigenvalue weighted by atomic mass is 9.90. The molecule has 0 saturated carbocycles. The van der Waals surface area contributed by atoms with E-state index in [0.717, 1.165) is 43.7 Å². The summed E-state index contributed by atoms with van der Waals surface area (Å²) in [5.74, 6) is 2.50. The second-order valence-corrected chi connectivity index (χ2v) is 8.53. The van der Waals surface area contributed by atoms with Crippen LogP contribution >= 0.6 is 0 Å².